The van der Waals surface area contributed by atoms with Crippen molar-refractivity contribution in [2.24, 2.45) is 5.92 Å². The van der Waals surface area contributed by atoms with Gasteiger partial charge < -0.3 is 14.8 Å². The third kappa shape index (κ3) is 4.96. The van der Waals surface area contributed by atoms with Crippen molar-refractivity contribution in [3.63, 3.8) is 0 Å². The Morgan fingerprint density at radius 1 is 0.824 bits per heavy atom. The highest BCUT2D eigenvalue weighted by Crippen LogP contribution is 2.34. The Morgan fingerprint density at radius 3 is 2.24 bits per heavy atom. The van der Waals surface area contributed by atoms with Crippen molar-refractivity contribution in [1.82, 2.24) is 0 Å². The predicted octanol–water partition coefficient (Wildman–Crippen LogP) is 5.52. The lowest BCUT2D eigenvalue weighted by molar-refractivity contribution is -0.120. The van der Waals surface area contributed by atoms with Crippen molar-refractivity contribution >= 4 is 28.8 Å². The van der Waals surface area contributed by atoms with E-state index >= 15 is 0 Å². The van der Waals surface area contributed by atoms with E-state index in [1.807, 2.05) is 55.5 Å². The van der Waals surface area contributed by atoms with Crippen LogP contribution in [0.3, 0.4) is 0 Å². The summed E-state index contributed by atoms with van der Waals surface area (Å²) in [6.07, 6.45) is 0. The predicted molar refractivity (Wildman–Crippen MR) is 134 cm³/mol. The zero-order chi connectivity index (χ0) is 24.1. The smallest absolute Gasteiger partial charge is 0.282 e. The second kappa shape index (κ2) is 10.3. The Labute approximate surface area is 199 Å². The molecule has 34 heavy (non-hydrogen) atoms. The summed E-state index contributed by atoms with van der Waals surface area (Å²) in [6, 6.07) is 23.5. The monoisotopic (exact) mass is 456 g/mol. The van der Waals surface area contributed by atoms with Crippen molar-refractivity contribution < 1.29 is 19.1 Å². The van der Waals surface area contributed by atoms with E-state index in [9.17, 15) is 9.59 Å². The first-order chi connectivity index (χ1) is 16.5. The molecule has 0 fully saturated rings. The SMILES string of the molecule is CCOc1cccc(NC2=C(c3ccc(OCC(C)C)cc3)C(=O)N(c3ccccc3)C2=O)c1. The highest BCUT2D eigenvalue weighted by Gasteiger charge is 2.40. The highest BCUT2D eigenvalue weighted by atomic mass is 16.5. The van der Waals surface area contributed by atoms with Gasteiger partial charge in [0, 0.05) is 11.8 Å². The Bertz CT molecular complexity index is 1200. The maximum absolute atomic E-state index is 13.5. The molecule has 174 valence electrons. The van der Waals surface area contributed by atoms with E-state index in [1.54, 1.807) is 30.3 Å². The highest BCUT2D eigenvalue weighted by molar-refractivity contribution is 6.46. The van der Waals surface area contributed by atoms with Gasteiger partial charge in [-0.05, 0) is 54.8 Å². The van der Waals surface area contributed by atoms with Gasteiger partial charge in [-0.15, -0.1) is 0 Å². The average Bonchev–Trinajstić information content (AvgIpc) is 3.08. The molecule has 0 atom stereocenters. The molecule has 0 saturated carbocycles. The number of imide groups is 1. The van der Waals surface area contributed by atoms with Gasteiger partial charge in [0.25, 0.3) is 11.8 Å². The van der Waals surface area contributed by atoms with Crippen LogP contribution in [0.1, 0.15) is 26.3 Å². The molecule has 0 aromatic heterocycles. The van der Waals surface area contributed by atoms with Crippen LogP contribution < -0.4 is 19.7 Å². The molecule has 6 heteroatoms. The molecule has 6 nitrogen and oxygen atoms in total. The Balaban J connectivity index is 1.72. The van der Waals surface area contributed by atoms with Gasteiger partial charge in [-0.25, -0.2) is 4.90 Å². The molecular formula is C28H28N2O4. The molecule has 3 aromatic rings. The average molecular weight is 457 g/mol. The second-order valence-corrected chi connectivity index (χ2v) is 8.35. The summed E-state index contributed by atoms with van der Waals surface area (Å²) in [4.78, 5) is 28.2. The van der Waals surface area contributed by atoms with Gasteiger partial charge in [0.1, 0.15) is 17.2 Å². The molecule has 0 aliphatic carbocycles. The number of rotatable bonds is 9. The summed E-state index contributed by atoms with van der Waals surface area (Å²) in [5.41, 5.74) is 2.35. The van der Waals surface area contributed by atoms with E-state index in [4.69, 9.17) is 9.47 Å². The Kier molecular flexibility index (Phi) is 6.97. The number of nitrogens with zero attached hydrogens (tertiary/aromatic N) is 1. The summed E-state index contributed by atoms with van der Waals surface area (Å²) >= 11 is 0. The molecule has 1 heterocycles. The standard InChI is InChI=1S/C28H28N2O4/c1-4-33-24-12-8-9-21(17-24)29-26-25(20-13-15-23(16-14-20)34-18-19(2)3)27(31)30(28(26)32)22-10-6-5-7-11-22/h5-17,19,29H,4,18H2,1-3H3. The minimum atomic E-state index is -0.409. The molecule has 1 aliphatic rings. The topological polar surface area (TPSA) is 67.9 Å². The van der Waals surface area contributed by atoms with E-state index in [0.717, 1.165) is 0 Å². The maximum Gasteiger partial charge on any atom is 0.282 e. The second-order valence-electron chi connectivity index (χ2n) is 8.35. The van der Waals surface area contributed by atoms with E-state index < -0.39 is 5.91 Å². The lowest BCUT2D eigenvalue weighted by Crippen LogP contribution is -2.32. The number of hydrogen-bond acceptors (Lipinski definition) is 5. The molecule has 3 aromatic carbocycles. The number of hydrogen-bond donors (Lipinski definition) is 1. The van der Waals surface area contributed by atoms with Crippen LogP contribution in [-0.2, 0) is 9.59 Å². The van der Waals surface area contributed by atoms with Gasteiger partial charge in [0.05, 0.1) is 24.5 Å². The molecule has 0 saturated heterocycles. The van der Waals surface area contributed by atoms with Gasteiger partial charge in [-0.2, -0.15) is 0 Å². The van der Waals surface area contributed by atoms with E-state index in [-0.39, 0.29) is 11.6 Å². The fourth-order valence-electron chi connectivity index (χ4n) is 3.68. The molecule has 1 N–H and O–H groups in total. The largest absolute Gasteiger partial charge is 0.494 e. The normalized spacial score (nSPS) is 13.6. The number of ether oxygens (including phenoxy) is 2. The van der Waals surface area contributed by atoms with Crippen LogP contribution in [0.2, 0.25) is 0 Å². The van der Waals surface area contributed by atoms with Crippen molar-refractivity contribution in [3.8, 4) is 11.5 Å². The zero-order valence-electron chi connectivity index (χ0n) is 19.6. The molecule has 2 amide bonds. The summed E-state index contributed by atoms with van der Waals surface area (Å²) in [5.74, 6) is 1.01. The Hall–Kier alpha value is -4.06. The fourth-order valence-corrected chi connectivity index (χ4v) is 3.68. The third-order valence-corrected chi connectivity index (χ3v) is 5.24. The van der Waals surface area contributed by atoms with Crippen molar-refractivity contribution in [2.45, 2.75) is 20.8 Å². The Morgan fingerprint density at radius 2 is 1.56 bits per heavy atom. The van der Waals surface area contributed by atoms with Crippen molar-refractivity contribution in [2.75, 3.05) is 23.4 Å². The first kappa shape index (κ1) is 23.1. The minimum Gasteiger partial charge on any atom is -0.494 e. The molecule has 0 spiro atoms. The van der Waals surface area contributed by atoms with Crippen LogP contribution in [0.15, 0.2) is 84.6 Å². The van der Waals surface area contributed by atoms with Crippen molar-refractivity contribution in [1.29, 1.82) is 0 Å². The lowest BCUT2D eigenvalue weighted by Gasteiger charge is -2.15. The van der Waals surface area contributed by atoms with Gasteiger partial charge in [-0.1, -0.05) is 50.2 Å². The summed E-state index contributed by atoms with van der Waals surface area (Å²) in [6.45, 7) is 7.20. The van der Waals surface area contributed by atoms with Crippen molar-refractivity contribution in [3.05, 3.63) is 90.1 Å². The van der Waals surface area contributed by atoms with Crippen LogP contribution >= 0.6 is 0 Å². The van der Waals surface area contributed by atoms with Gasteiger partial charge in [0.2, 0.25) is 0 Å². The number of benzene rings is 3. The molecule has 4 rings (SSSR count). The van der Waals surface area contributed by atoms with Gasteiger partial charge >= 0.3 is 0 Å². The number of amides is 2. The molecule has 1 aliphatic heterocycles. The minimum absolute atomic E-state index is 0.221. The quantitative estimate of drug-likeness (QED) is 0.430. The lowest BCUT2D eigenvalue weighted by atomic mass is 10.0. The van der Waals surface area contributed by atoms with Crippen LogP contribution in [0, 0.1) is 5.92 Å². The number of para-hydroxylation sites is 1. The summed E-state index contributed by atoms with van der Waals surface area (Å²) < 4.78 is 11.4. The zero-order valence-corrected chi connectivity index (χ0v) is 19.6. The third-order valence-electron chi connectivity index (χ3n) is 5.24. The molecule has 0 radical (unpaired) electrons. The van der Waals surface area contributed by atoms with Gasteiger partial charge in [0.15, 0.2) is 0 Å². The van der Waals surface area contributed by atoms with Crippen LogP contribution in [0.4, 0.5) is 11.4 Å². The van der Waals surface area contributed by atoms with Crippen LogP contribution in [-0.4, -0.2) is 25.0 Å². The number of carbonyl (C=O) groups is 2. The first-order valence-corrected chi connectivity index (χ1v) is 11.4. The van der Waals surface area contributed by atoms with E-state index in [2.05, 4.69) is 19.2 Å². The first-order valence-electron chi connectivity index (χ1n) is 11.4. The van der Waals surface area contributed by atoms with Crippen LogP contribution in [0.25, 0.3) is 5.57 Å². The summed E-state index contributed by atoms with van der Waals surface area (Å²) in [7, 11) is 0. The summed E-state index contributed by atoms with van der Waals surface area (Å²) in [5, 5.41) is 3.18. The van der Waals surface area contributed by atoms with Crippen LogP contribution in [0.5, 0.6) is 11.5 Å². The number of carbonyl (C=O) groups excluding carboxylic acids is 2. The number of nitrogens with one attached hydrogen (secondary N) is 1. The molecular weight excluding hydrogens is 428 g/mol. The molecule has 0 bridgehead atoms. The number of anilines is 2. The van der Waals surface area contributed by atoms with Gasteiger partial charge in [-0.3, -0.25) is 9.59 Å². The van der Waals surface area contributed by atoms with E-state index in [0.29, 0.717) is 53.1 Å². The fraction of sp³-hybridized carbons (Fsp3) is 0.214. The maximum atomic E-state index is 13.5. The van der Waals surface area contributed by atoms with E-state index in [1.165, 1.54) is 4.90 Å². The molecule has 0 unspecified atom stereocenters.